The van der Waals surface area contributed by atoms with E-state index in [-0.39, 0.29) is 10.8 Å². The van der Waals surface area contributed by atoms with E-state index in [9.17, 15) is 15.4 Å². The van der Waals surface area contributed by atoms with Crippen molar-refractivity contribution in [2.75, 3.05) is 0 Å². The number of benzene rings is 1. The van der Waals surface area contributed by atoms with Crippen LogP contribution in [0.2, 0.25) is 5.15 Å². The fourth-order valence-electron chi connectivity index (χ4n) is 1.88. The Morgan fingerprint density at radius 1 is 1.30 bits per heavy atom. The summed E-state index contributed by atoms with van der Waals surface area (Å²) in [6.45, 7) is 1.70. The van der Waals surface area contributed by atoms with Gasteiger partial charge in [0.15, 0.2) is 0 Å². The third-order valence-corrected chi connectivity index (χ3v) is 3.39. The largest absolute Gasteiger partial charge is 0.306 e. The van der Waals surface area contributed by atoms with Crippen LogP contribution >= 0.6 is 11.6 Å². The molecule has 1 heterocycles. The SMILES string of the molecule is CC(C#N)(c1ccccc1)c1ccc([N+](=O)[O-])c(Cl)n1. The predicted octanol–water partition coefficient (Wildman–Crippen LogP) is 3.47. The third kappa shape index (κ3) is 2.33. The van der Waals surface area contributed by atoms with Crippen LogP contribution in [0, 0.1) is 21.4 Å². The topological polar surface area (TPSA) is 79.8 Å². The zero-order valence-electron chi connectivity index (χ0n) is 10.6. The average molecular weight is 288 g/mol. The molecule has 1 aromatic heterocycles. The van der Waals surface area contributed by atoms with Crippen LogP contribution in [-0.2, 0) is 5.41 Å². The van der Waals surface area contributed by atoms with Gasteiger partial charge in [0.05, 0.1) is 16.7 Å². The molecule has 0 aliphatic carbocycles. The Labute approximate surface area is 120 Å². The Balaban J connectivity index is 2.57. The molecule has 0 aliphatic rings. The molecule has 0 N–H and O–H groups in total. The Hall–Kier alpha value is -2.45. The molecule has 0 bridgehead atoms. The molecule has 0 saturated heterocycles. The van der Waals surface area contributed by atoms with Gasteiger partial charge in [-0.2, -0.15) is 5.26 Å². The Morgan fingerprint density at radius 2 is 1.95 bits per heavy atom. The summed E-state index contributed by atoms with van der Waals surface area (Å²) in [5, 5.41) is 20.0. The van der Waals surface area contributed by atoms with Gasteiger partial charge in [-0.15, -0.1) is 0 Å². The summed E-state index contributed by atoms with van der Waals surface area (Å²) in [6.07, 6.45) is 0. The van der Waals surface area contributed by atoms with Crippen LogP contribution < -0.4 is 0 Å². The van der Waals surface area contributed by atoms with Crippen molar-refractivity contribution in [2.24, 2.45) is 0 Å². The normalized spacial score (nSPS) is 13.2. The third-order valence-electron chi connectivity index (χ3n) is 3.11. The van der Waals surface area contributed by atoms with Gasteiger partial charge in [0.1, 0.15) is 5.41 Å². The number of halogens is 1. The zero-order chi connectivity index (χ0) is 14.8. The summed E-state index contributed by atoms with van der Waals surface area (Å²) in [6, 6.07) is 14.0. The summed E-state index contributed by atoms with van der Waals surface area (Å²) in [5.74, 6) is 0. The first-order valence-corrected chi connectivity index (χ1v) is 6.15. The maximum Gasteiger partial charge on any atom is 0.306 e. The van der Waals surface area contributed by atoms with E-state index in [1.165, 1.54) is 12.1 Å². The smallest absolute Gasteiger partial charge is 0.258 e. The maximum atomic E-state index is 10.7. The first-order valence-electron chi connectivity index (χ1n) is 5.77. The lowest BCUT2D eigenvalue weighted by Gasteiger charge is -2.21. The standard InChI is InChI=1S/C14H10ClN3O2/c1-14(9-16,10-5-3-2-4-6-10)12-8-7-11(18(19)20)13(15)17-12/h2-8H,1H3. The van der Waals surface area contributed by atoms with Gasteiger partial charge in [0.2, 0.25) is 5.15 Å². The second-order valence-electron chi connectivity index (χ2n) is 4.37. The summed E-state index contributed by atoms with van der Waals surface area (Å²) >= 11 is 5.81. The highest BCUT2D eigenvalue weighted by Gasteiger charge is 2.31. The lowest BCUT2D eigenvalue weighted by Crippen LogP contribution is -2.22. The van der Waals surface area contributed by atoms with Crippen molar-refractivity contribution in [3.05, 3.63) is 69.0 Å². The van der Waals surface area contributed by atoms with Gasteiger partial charge in [0, 0.05) is 6.07 Å². The molecule has 2 aromatic rings. The van der Waals surface area contributed by atoms with Crippen LogP contribution in [0.5, 0.6) is 0 Å². The fourth-order valence-corrected chi connectivity index (χ4v) is 2.11. The number of rotatable bonds is 3. The first kappa shape index (κ1) is 14.0. The molecule has 20 heavy (non-hydrogen) atoms. The van der Waals surface area contributed by atoms with Gasteiger partial charge in [-0.3, -0.25) is 10.1 Å². The van der Waals surface area contributed by atoms with Gasteiger partial charge in [-0.05, 0) is 18.6 Å². The van der Waals surface area contributed by atoms with Crippen LogP contribution in [-0.4, -0.2) is 9.91 Å². The van der Waals surface area contributed by atoms with Crippen molar-refractivity contribution in [1.29, 1.82) is 5.26 Å². The number of hydrogen-bond acceptors (Lipinski definition) is 4. The minimum absolute atomic E-state index is 0.218. The summed E-state index contributed by atoms with van der Waals surface area (Å²) in [5.41, 5.74) is -0.162. The molecule has 0 spiro atoms. The van der Waals surface area contributed by atoms with Crippen LogP contribution in [0.25, 0.3) is 0 Å². The highest BCUT2D eigenvalue weighted by molar-refractivity contribution is 6.31. The fraction of sp³-hybridized carbons (Fsp3) is 0.143. The Kier molecular flexibility index (Phi) is 3.68. The number of nitrogens with zero attached hydrogens (tertiary/aromatic N) is 3. The predicted molar refractivity (Wildman–Crippen MR) is 74.4 cm³/mol. The van der Waals surface area contributed by atoms with Gasteiger partial charge in [-0.1, -0.05) is 41.9 Å². The van der Waals surface area contributed by atoms with Gasteiger partial charge in [0.25, 0.3) is 0 Å². The monoisotopic (exact) mass is 287 g/mol. The molecule has 0 fully saturated rings. The van der Waals surface area contributed by atoms with E-state index in [0.29, 0.717) is 5.69 Å². The lowest BCUT2D eigenvalue weighted by atomic mass is 9.80. The quantitative estimate of drug-likeness (QED) is 0.492. The molecule has 0 radical (unpaired) electrons. The van der Waals surface area contributed by atoms with E-state index in [1.54, 1.807) is 19.1 Å². The Morgan fingerprint density at radius 3 is 2.45 bits per heavy atom. The molecule has 100 valence electrons. The van der Waals surface area contributed by atoms with Crippen molar-refractivity contribution in [2.45, 2.75) is 12.3 Å². The number of nitriles is 1. The molecule has 1 aromatic carbocycles. The van der Waals surface area contributed by atoms with Crippen LogP contribution in [0.4, 0.5) is 5.69 Å². The van der Waals surface area contributed by atoms with E-state index in [0.717, 1.165) is 5.56 Å². The molecule has 0 amide bonds. The second-order valence-corrected chi connectivity index (χ2v) is 4.72. The van der Waals surface area contributed by atoms with Crippen LogP contribution in [0.1, 0.15) is 18.2 Å². The van der Waals surface area contributed by atoms with E-state index in [2.05, 4.69) is 11.1 Å². The van der Waals surface area contributed by atoms with Gasteiger partial charge in [-0.25, -0.2) is 4.98 Å². The van der Waals surface area contributed by atoms with E-state index < -0.39 is 10.3 Å². The van der Waals surface area contributed by atoms with E-state index in [1.807, 2.05) is 18.2 Å². The van der Waals surface area contributed by atoms with Crippen molar-refractivity contribution in [1.82, 2.24) is 4.98 Å². The number of hydrogen-bond donors (Lipinski definition) is 0. The summed E-state index contributed by atoms with van der Waals surface area (Å²) in [4.78, 5) is 14.1. The van der Waals surface area contributed by atoms with Crippen LogP contribution in [0.3, 0.4) is 0 Å². The molecular formula is C14H10ClN3O2. The van der Waals surface area contributed by atoms with Crippen molar-refractivity contribution in [3.63, 3.8) is 0 Å². The number of nitro groups is 1. The van der Waals surface area contributed by atoms with Crippen molar-refractivity contribution in [3.8, 4) is 6.07 Å². The first-order chi connectivity index (χ1) is 9.49. The molecule has 0 aliphatic heterocycles. The molecule has 5 nitrogen and oxygen atoms in total. The maximum absolute atomic E-state index is 10.7. The minimum atomic E-state index is -1.01. The number of pyridine rings is 1. The summed E-state index contributed by atoms with van der Waals surface area (Å²) in [7, 11) is 0. The van der Waals surface area contributed by atoms with Crippen molar-refractivity contribution >= 4 is 17.3 Å². The Bertz CT molecular complexity index is 697. The molecular weight excluding hydrogens is 278 g/mol. The second kappa shape index (κ2) is 5.27. The lowest BCUT2D eigenvalue weighted by molar-refractivity contribution is -0.385. The highest BCUT2D eigenvalue weighted by atomic mass is 35.5. The van der Waals surface area contributed by atoms with Crippen LogP contribution in [0.15, 0.2) is 42.5 Å². The minimum Gasteiger partial charge on any atom is -0.258 e. The summed E-state index contributed by atoms with van der Waals surface area (Å²) < 4.78 is 0. The van der Waals surface area contributed by atoms with E-state index in [4.69, 9.17) is 11.6 Å². The molecule has 6 heteroatoms. The average Bonchev–Trinajstić information content (AvgIpc) is 2.46. The molecule has 1 atom stereocenters. The number of aromatic nitrogens is 1. The molecule has 2 rings (SSSR count). The van der Waals surface area contributed by atoms with Crippen molar-refractivity contribution < 1.29 is 4.92 Å². The van der Waals surface area contributed by atoms with Gasteiger partial charge >= 0.3 is 5.69 Å². The van der Waals surface area contributed by atoms with Gasteiger partial charge < -0.3 is 0 Å². The van der Waals surface area contributed by atoms with E-state index >= 15 is 0 Å². The molecule has 1 unspecified atom stereocenters. The zero-order valence-corrected chi connectivity index (χ0v) is 11.3. The molecule has 0 saturated carbocycles. The highest BCUT2D eigenvalue weighted by Crippen LogP contribution is 2.32.